The van der Waals surface area contributed by atoms with Gasteiger partial charge >= 0.3 is 6.18 Å². The molecule has 0 saturated carbocycles. The first-order chi connectivity index (χ1) is 5.00. The molecular formula is C7H11ClF3N. The van der Waals surface area contributed by atoms with E-state index in [0.717, 1.165) is 0 Å². The van der Waals surface area contributed by atoms with Gasteiger partial charge in [0.1, 0.15) is 0 Å². The van der Waals surface area contributed by atoms with Crippen molar-refractivity contribution in [3.8, 4) is 0 Å². The molecule has 1 aliphatic rings. The van der Waals surface area contributed by atoms with Gasteiger partial charge in [0.2, 0.25) is 0 Å². The van der Waals surface area contributed by atoms with Crippen molar-refractivity contribution in [2.75, 3.05) is 0 Å². The van der Waals surface area contributed by atoms with Gasteiger partial charge in [-0.3, -0.25) is 0 Å². The highest BCUT2D eigenvalue weighted by molar-refractivity contribution is 5.85. The largest absolute Gasteiger partial charge is 0.412 e. The van der Waals surface area contributed by atoms with Gasteiger partial charge in [-0.1, -0.05) is 6.08 Å². The third-order valence-electron chi connectivity index (χ3n) is 1.82. The molecule has 0 bridgehead atoms. The minimum absolute atomic E-state index is 0. The Balaban J connectivity index is 0.00000121. The molecule has 1 aliphatic carbocycles. The van der Waals surface area contributed by atoms with Crippen LogP contribution in [0.1, 0.15) is 19.3 Å². The van der Waals surface area contributed by atoms with Crippen molar-refractivity contribution in [1.82, 2.24) is 0 Å². The Labute approximate surface area is 75.2 Å². The lowest BCUT2D eigenvalue weighted by Gasteiger charge is -2.19. The zero-order valence-electron chi connectivity index (χ0n) is 6.40. The van der Waals surface area contributed by atoms with Crippen LogP contribution in [0.2, 0.25) is 0 Å². The van der Waals surface area contributed by atoms with Crippen molar-refractivity contribution in [2.45, 2.75) is 31.5 Å². The van der Waals surface area contributed by atoms with E-state index < -0.39 is 11.7 Å². The van der Waals surface area contributed by atoms with Crippen LogP contribution in [0.25, 0.3) is 0 Å². The van der Waals surface area contributed by atoms with Crippen molar-refractivity contribution < 1.29 is 13.2 Å². The second kappa shape index (κ2) is 4.14. The molecule has 1 rings (SSSR count). The zero-order chi connectivity index (χ0) is 8.48. The van der Waals surface area contributed by atoms with E-state index in [9.17, 15) is 13.2 Å². The fraction of sp³-hybridized carbons (Fsp3) is 0.714. The van der Waals surface area contributed by atoms with Gasteiger partial charge in [-0.15, -0.1) is 12.4 Å². The van der Waals surface area contributed by atoms with Gasteiger partial charge in [-0.2, -0.15) is 13.2 Å². The second-order valence-corrected chi connectivity index (χ2v) is 2.76. The van der Waals surface area contributed by atoms with Gasteiger partial charge in [0.05, 0.1) is 0 Å². The SMILES string of the molecule is Cl.NC1CC=C(C(F)(F)F)CC1. The molecule has 1 nitrogen and oxygen atoms in total. The van der Waals surface area contributed by atoms with E-state index >= 15 is 0 Å². The fourth-order valence-electron chi connectivity index (χ4n) is 1.11. The first kappa shape index (κ1) is 11.8. The standard InChI is InChI=1S/C7H10F3N.ClH/c8-7(9,10)5-1-3-6(11)4-2-5;/h1,6H,2-4,11H2;1H. The molecule has 2 N–H and O–H groups in total. The third-order valence-corrected chi connectivity index (χ3v) is 1.82. The highest BCUT2D eigenvalue weighted by atomic mass is 35.5. The number of allylic oxidation sites excluding steroid dienone is 1. The molecular weight excluding hydrogens is 191 g/mol. The summed E-state index contributed by atoms with van der Waals surface area (Å²) >= 11 is 0. The van der Waals surface area contributed by atoms with Gasteiger partial charge < -0.3 is 5.73 Å². The molecule has 0 amide bonds. The topological polar surface area (TPSA) is 26.0 Å². The molecule has 0 saturated heterocycles. The van der Waals surface area contributed by atoms with Crippen LogP contribution in [0.5, 0.6) is 0 Å². The number of rotatable bonds is 0. The number of alkyl halides is 3. The van der Waals surface area contributed by atoms with Crippen LogP contribution < -0.4 is 5.73 Å². The lowest BCUT2D eigenvalue weighted by Crippen LogP contribution is -2.25. The summed E-state index contributed by atoms with van der Waals surface area (Å²) in [5, 5.41) is 0. The van der Waals surface area contributed by atoms with Crippen LogP contribution in [0, 0.1) is 0 Å². The van der Waals surface area contributed by atoms with Gasteiger partial charge in [0, 0.05) is 11.6 Å². The summed E-state index contributed by atoms with van der Waals surface area (Å²) in [7, 11) is 0. The van der Waals surface area contributed by atoms with E-state index in [0.29, 0.717) is 12.8 Å². The summed E-state index contributed by atoms with van der Waals surface area (Å²) in [5.41, 5.74) is 5.01. The summed E-state index contributed by atoms with van der Waals surface area (Å²) in [6.45, 7) is 0. The Hall–Kier alpha value is -0.220. The Morgan fingerprint density at radius 2 is 2.00 bits per heavy atom. The molecule has 0 radical (unpaired) electrons. The van der Waals surface area contributed by atoms with E-state index in [1.807, 2.05) is 0 Å². The van der Waals surface area contributed by atoms with Crippen LogP contribution >= 0.6 is 12.4 Å². The highest BCUT2D eigenvalue weighted by Crippen LogP contribution is 2.32. The molecule has 1 unspecified atom stereocenters. The van der Waals surface area contributed by atoms with Gasteiger partial charge in [-0.05, 0) is 19.3 Å². The van der Waals surface area contributed by atoms with E-state index in [2.05, 4.69) is 0 Å². The minimum Gasteiger partial charge on any atom is -0.327 e. The summed E-state index contributed by atoms with van der Waals surface area (Å²) in [6, 6.07) is -0.0823. The monoisotopic (exact) mass is 201 g/mol. The Morgan fingerprint density at radius 1 is 1.42 bits per heavy atom. The van der Waals surface area contributed by atoms with Crippen LogP contribution in [0.4, 0.5) is 13.2 Å². The maximum absolute atomic E-state index is 12.0. The number of hydrogen-bond donors (Lipinski definition) is 1. The molecule has 0 spiro atoms. The number of hydrogen-bond acceptors (Lipinski definition) is 1. The van der Waals surface area contributed by atoms with Gasteiger partial charge in [0.15, 0.2) is 0 Å². The van der Waals surface area contributed by atoms with Crippen molar-refractivity contribution in [3.05, 3.63) is 11.6 Å². The normalized spacial score (nSPS) is 24.3. The summed E-state index contributed by atoms with van der Waals surface area (Å²) in [6.07, 6.45) is -2.06. The molecule has 0 heterocycles. The number of halogens is 4. The van der Waals surface area contributed by atoms with Crippen LogP contribution in [-0.2, 0) is 0 Å². The van der Waals surface area contributed by atoms with E-state index in [4.69, 9.17) is 5.73 Å². The number of nitrogens with two attached hydrogens (primary N) is 1. The predicted molar refractivity (Wildman–Crippen MR) is 43.2 cm³/mol. The van der Waals surface area contributed by atoms with Crippen LogP contribution in [-0.4, -0.2) is 12.2 Å². The summed E-state index contributed by atoms with van der Waals surface area (Å²) < 4.78 is 35.9. The molecule has 1 atom stereocenters. The molecule has 0 aromatic rings. The van der Waals surface area contributed by atoms with Crippen LogP contribution in [0.15, 0.2) is 11.6 Å². The molecule has 5 heteroatoms. The molecule has 0 fully saturated rings. The van der Waals surface area contributed by atoms with Crippen LogP contribution in [0.3, 0.4) is 0 Å². The third kappa shape index (κ3) is 3.03. The van der Waals surface area contributed by atoms with Crippen molar-refractivity contribution in [1.29, 1.82) is 0 Å². The summed E-state index contributed by atoms with van der Waals surface area (Å²) in [5.74, 6) is 0. The maximum atomic E-state index is 12.0. The van der Waals surface area contributed by atoms with Crippen molar-refractivity contribution >= 4 is 12.4 Å². The zero-order valence-corrected chi connectivity index (χ0v) is 7.21. The van der Waals surface area contributed by atoms with E-state index in [-0.39, 0.29) is 24.9 Å². The Kier molecular flexibility index (Phi) is 4.06. The van der Waals surface area contributed by atoms with E-state index in [1.54, 1.807) is 0 Å². The fourth-order valence-corrected chi connectivity index (χ4v) is 1.11. The lowest BCUT2D eigenvalue weighted by atomic mass is 9.96. The average Bonchev–Trinajstić information content (AvgIpc) is 1.86. The molecule has 72 valence electrons. The van der Waals surface area contributed by atoms with Gasteiger partial charge in [0.25, 0.3) is 0 Å². The Bertz CT molecular complexity index is 176. The smallest absolute Gasteiger partial charge is 0.327 e. The van der Waals surface area contributed by atoms with E-state index in [1.165, 1.54) is 6.08 Å². The molecule has 12 heavy (non-hydrogen) atoms. The molecule has 0 aromatic carbocycles. The predicted octanol–water partition coefficient (Wildman–Crippen LogP) is 2.41. The van der Waals surface area contributed by atoms with Crippen molar-refractivity contribution in [2.24, 2.45) is 5.73 Å². The maximum Gasteiger partial charge on any atom is 0.412 e. The summed E-state index contributed by atoms with van der Waals surface area (Å²) in [4.78, 5) is 0. The minimum atomic E-state index is -4.14. The lowest BCUT2D eigenvalue weighted by molar-refractivity contribution is -0.0951. The Morgan fingerprint density at radius 3 is 2.33 bits per heavy atom. The first-order valence-electron chi connectivity index (χ1n) is 3.52. The highest BCUT2D eigenvalue weighted by Gasteiger charge is 2.34. The van der Waals surface area contributed by atoms with Gasteiger partial charge in [-0.25, -0.2) is 0 Å². The quantitative estimate of drug-likeness (QED) is 0.599. The first-order valence-corrected chi connectivity index (χ1v) is 3.52. The van der Waals surface area contributed by atoms with Crippen molar-refractivity contribution in [3.63, 3.8) is 0 Å². The molecule has 0 aromatic heterocycles. The average molecular weight is 202 g/mol. The molecule has 0 aliphatic heterocycles. The second-order valence-electron chi connectivity index (χ2n) is 2.76.